The maximum absolute atomic E-state index is 12.7. The van der Waals surface area contributed by atoms with Crippen LogP contribution in [0.2, 0.25) is 0 Å². The van der Waals surface area contributed by atoms with Crippen LogP contribution in [0.5, 0.6) is 0 Å². The molecule has 0 spiro atoms. The highest BCUT2D eigenvalue weighted by Crippen LogP contribution is 2.20. The lowest BCUT2D eigenvalue weighted by Crippen LogP contribution is -2.30. The minimum atomic E-state index is -0.400. The summed E-state index contributed by atoms with van der Waals surface area (Å²) in [5, 5.41) is 2.68. The molecule has 27 heavy (non-hydrogen) atoms. The molecular formula is C21H16IN3O2. The van der Waals surface area contributed by atoms with E-state index in [1.165, 1.54) is 4.90 Å². The van der Waals surface area contributed by atoms with E-state index in [0.29, 0.717) is 0 Å². The number of halogens is 1. The van der Waals surface area contributed by atoms with E-state index in [-0.39, 0.29) is 18.1 Å². The summed E-state index contributed by atoms with van der Waals surface area (Å²) in [4.78, 5) is 26.2. The fourth-order valence-corrected chi connectivity index (χ4v) is 3.34. The van der Waals surface area contributed by atoms with Gasteiger partial charge in [-0.25, -0.2) is 4.79 Å². The molecular weight excluding hydrogens is 453 g/mol. The van der Waals surface area contributed by atoms with E-state index >= 15 is 0 Å². The number of carbonyl (C=O) groups is 2. The van der Waals surface area contributed by atoms with E-state index in [4.69, 9.17) is 0 Å². The predicted octanol–water partition coefficient (Wildman–Crippen LogP) is 4.17. The standard InChI is InChI=1S/C21H16IN3O2/c22-16-8-10-17(11-9-16)24-12-4-7-18(24)13-19-20(26)25(21(27)23-19)14-15-5-2-1-3-6-15/h1-13H,14H2,(H,23,27)/b19-13+. The summed E-state index contributed by atoms with van der Waals surface area (Å²) in [5.74, 6) is -0.320. The van der Waals surface area contributed by atoms with Gasteiger partial charge in [-0.2, -0.15) is 0 Å². The highest BCUT2D eigenvalue weighted by Gasteiger charge is 2.33. The van der Waals surface area contributed by atoms with Crippen LogP contribution in [-0.2, 0) is 11.3 Å². The first-order valence-electron chi connectivity index (χ1n) is 8.43. The monoisotopic (exact) mass is 469 g/mol. The molecule has 0 bridgehead atoms. The van der Waals surface area contributed by atoms with E-state index in [0.717, 1.165) is 20.5 Å². The molecule has 134 valence electrons. The Bertz CT molecular complexity index is 1020. The van der Waals surface area contributed by atoms with Crippen molar-refractivity contribution in [1.82, 2.24) is 14.8 Å². The van der Waals surface area contributed by atoms with Crippen LogP contribution in [0.4, 0.5) is 4.79 Å². The second-order valence-corrected chi connectivity index (χ2v) is 7.39. The smallest absolute Gasteiger partial charge is 0.317 e. The molecule has 1 aromatic heterocycles. The topological polar surface area (TPSA) is 54.3 Å². The van der Waals surface area contributed by atoms with Crippen LogP contribution < -0.4 is 5.32 Å². The number of aromatic nitrogens is 1. The van der Waals surface area contributed by atoms with Crippen molar-refractivity contribution in [2.45, 2.75) is 6.54 Å². The van der Waals surface area contributed by atoms with Gasteiger partial charge in [0.15, 0.2) is 0 Å². The summed E-state index contributed by atoms with van der Waals surface area (Å²) < 4.78 is 3.13. The van der Waals surface area contributed by atoms with Crippen LogP contribution >= 0.6 is 22.6 Å². The van der Waals surface area contributed by atoms with Crippen LogP contribution in [0.25, 0.3) is 11.8 Å². The third-order valence-electron chi connectivity index (χ3n) is 4.32. The zero-order chi connectivity index (χ0) is 18.8. The average molecular weight is 469 g/mol. The first-order chi connectivity index (χ1) is 13.1. The molecule has 2 heterocycles. The van der Waals surface area contributed by atoms with Gasteiger partial charge in [-0.1, -0.05) is 30.3 Å². The molecule has 1 aliphatic rings. The lowest BCUT2D eigenvalue weighted by Gasteiger charge is -2.11. The van der Waals surface area contributed by atoms with Gasteiger partial charge in [-0.3, -0.25) is 9.69 Å². The van der Waals surface area contributed by atoms with Gasteiger partial charge in [0, 0.05) is 21.1 Å². The van der Waals surface area contributed by atoms with Crippen LogP contribution in [0.1, 0.15) is 11.3 Å². The van der Waals surface area contributed by atoms with Crippen molar-refractivity contribution >= 4 is 40.6 Å². The zero-order valence-corrected chi connectivity index (χ0v) is 16.5. The summed E-state index contributed by atoms with van der Waals surface area (Å²) in [6.45, 7) is 0.251. The van der Waals surface area contributed by atoms with Crippen LogP contribution in [-0.4, -0.2) is 21.4 Å². The fourth-order valence-electron chi connectivity index (χ4n) is 2.98. The van der Waals surface area contributed by atoms with Gasteiger partial charge in [-0.05, 0) is 70.6 Å². The average Bonchev–Trinajstić information content (AvgIpc) is 3.24. The number of rotatable bonds is 4. The Morgan fingerprint density at radius 2 is 1.67 bits per heavy atom. The van der Waals surface area contributed by atoms with E-state index in [2.05, 4.69) is 27.9 Å². The molecule has 3 amide bonds. The molecule has 1 saturated heterocycles. The van der Waals surface area contributed by atoms with Gasteiger partial charge in [0.05, 0.1) is 6.54 Å². The largest absolute Gasteiger partial charge is 0.329 e. The Kier molecular flexibility index (Phi) is 4.81. The summed E-state index contributed by atoms with van der Waals surface area (Å²) in [5.41, 5.74) is 3.00. The lowest BCUT2D eigenvalue weighted by molar-refractivity contribution is -0.123. The molecule has 5 nitrogen and oxygen atoms in total. The van der Waals surface area contributed by atoms with Crippen molar-refractivity contribution in [3.05, 3.63) is 93.5 Å². The molecule has 0 unspecified atom stereocenters. The molecule has 0 atom stereocenters. The number of imide groups is 1. The number of amides is 3. The maximum Gasteiger partial charge on any atom is 0.329 e. The molecule has 1 aliphatic heterocycles. The zero-order valence-electron chi connectivity index (χ0n) is 14.3. The summed E-state index contributed by atoms with van der Waals surface area (Å²) >= 11 is 2.26. The maximum atomic E-state index is 12.7. The summed E-state index contributed by atoms with van der Waals surface area (Å²) in [6, 6.07) is 21.0. The Hall–Kier alpha value is -2.87. The van der Waals surface area contributed by atoms with Crippen molar-refractivity contribution < 1.29 is 9.59 Å². The SMILES string of the molecule is O=C1N/C(=C/c2cccn2-c2ccc(I)cc2)C(=O)N1Cc1ccccc1. The quantitative estimate of drug-likeness (QED) is 0.354. The van der Waals surface area contributed by atoms with Gasteiger partial charge in [0.25, 0.3) is 5.91 Å². The van der Waals surface area contributed by atoms with Crippen molar-refractivity contribution in [3.8, 4) is 5.69 Å². The first kappa shape index (κ1) is 17.5. The molecule has 1 fully saturated rings. The second kappa shape index (κ2) is 7.40. The van der Waals surface area contributed by atoms with Gasteiger partial charge in [0.1, 0.15) is 5.70 Å². The Labute approximate surface area is 170 Å². The molecule has 3 aromatic rings. The Balaban J connectivity index is 1.60. The molecule has 0 radical (unpaired) electrons. The van der Waals surface area contributed by atoms with Crippen molar-refractivity contribution in [2.75, 3.05) is 0 Å². The number of hydrogen-bond acceptors (Lipinski definition) is 2. The highest BCUT2D eigenvalue weighted by atomic mass is 127. The predicted molar refractivity (Wildman–Crippen MR) is 112 cm³/mol. The number of nitrogens with one attached hydrogen (secondary N) is 1. The second-order valence-electron chi connectivity index (χ2n) is 6.14. The van der Waals surface area contributed by atoms with Crippen molar-refractivity contribution in [3.63, 3.8) is 0 Å². The van der Waals surface area contributed by atoms with Crippen LogP contribution in [0.15, 0.2) is 78.6 Å². The lowest BCUT2D eigenvalue weighted by atomic mass is 10.2. The van der Waals surface area contributed by atoms with E-state index < -0.39 is 6.03 Å². The van der Waals surface area contributed by atoms with Gasteiger partial charge in [-0.15, -0.1) is 0 Å². The summed E-state index contributed by atoms with van der Waals surface area (Å²) in [6.07, 6.45) is 3.64. The number of hydrogen-bond donors (Lipinski definition) is 1. The summed E-state index contributed by atoms with van der Waals surface area (Å²) in [7, 11) is 0. The third kappa shape index (κ3) is 3.66. The van der Waals surface area contributed by atoms with E-state index in [1.807, 2.05) is 77.5 Å². The molecule has 0 aliphatic carbocycles. The first-order valence-corrected chi connectivity index (χ1v) is 9.51. The van der Waals surface area contributed by atoms with Crippen LogP contribution in [0.3, 0.4) is 0 Å². The van der Waals surface area contributed by atoms with E-state index in [1.54, 1.807) is 6.08 Å². The Morgan fingerprint density at radius 3 is 2.41 bits per heavy atom. The van der Waals surface area contributed by atoms with Crippen LogP contribution in [0, 0.1) is 3.57 Å². The Morgan fingerprint density at radius 1 is 0.926 bits per heavy atom. The molecule has 2 aromatic carbocycles. The third-order valence-corrected chi connectivity index (χ3v) is 5.04. The number of nitrogens with zero attached hydrogens (tertiary/aromatic N) is 2. The van der Waals surface area contributed by atoms with Gasteiger partial charge in [0.2, 0.25) is 0 Å². The molecule has 6 heteroatoms. The minimum Gasteiger partial charge on any atom is -0.317 e. The normalized spacial score (nSPS) is 15.4. The molecule has 4 rings (SSSR count). The number of carbonyl (C=O) groups excluding carboxylic acids is 2. The van der Waals surface area contributed by atoms with Crippen molar-refractivity contribution in [2.24, 2.45) is 0 Å². The van der Waals surface area contributed by atoms with E-state index in [9.17, 15) is 9.59 Å². The van der Waals surface area contributed by atoms with Crippen molar-refractivity contribution in [1.29, 1.82) is 0 Å². The highest BCUT2D eigenvalue weighted by molar-refractivity contribution is 14.1. The van der Waals surface area contributed by atoms with Gasteiger partial charge >= 0.3 is 6.03 Å². The number of urea groups is 1. The molecule has 0 saturated carbocycles. The minimum absolute atomic E-state index is 0.251. The number of benzene rings is 2. The van der Waals surface area contributed by atoms with Gasteiger partial charge < -0.3 is 9.88 Å². The molecule has 1 N–H and O–H groups in total. The fraction of sp³-hybridized carbons (Fsp3) is 0.0476.